The molecule has 0 aromatic heterocycles. The molecule has 3 amide bonds. The maximum absolute atomic E-state index is 12.0. The number of anilines is 2. The first kappa shape index (κ1) is 18.7. The van der Waals surface area contributed by atoms with Crippen molar-refractivity contribution in [3.05, 3.63) is 53.6 Å². The molecule has 1 saturated heterocycles. The summed E-state index contributed by atoms with van der Waals surface area (Å²) in [6, 6.07) is 13.5. The van der Waals surface area contributed by atoms with E-state index >= 15 is 0 Å². The van der Waals surface area contributed by atoms with Crippen LogP contribution in [0.4, 0.5) is 11.4 Å². The highest BCUT2D eigenvalue weighted by atomic mass is 35.5. The minimum atomic E-state index is -0.475. The van der Waals surface area contributed by atoms with Gasteiger partial charge in [0.2, 0.25) is 11.8 Å². The van der Waals surface area contributed by atoms with Gasteiger partial charge in [-0.3, -0.25) is 14.4 Å². The van der Waals surface area contributed by atoms with Crippen LogP contribution in [0.2, 0.25) is 5.02 Å². The van der Waals surface area contributed by atoms with Crippen molar-refractivity contribution in [2.75, 3.05) is 23.4 Å². The Bertz CT molecular complexity index is 870. The third kappa shape index (κ3) is 4.77. The van der Waals surface area contributed by atoms with E-state index in [1.54, 1.807) is 48.5 Å². The summed E-state index contributed by atoms with van der Waals surface area (Å²) in [7, 11) is 0. The Hall–Kier alpha value is -3.06. The lowest BCUT2D eigenvalue weighted by atomic mass is 10.1. The van der Waals surface area contributed by atoms with Gasteiger partial charge < -0.3 is 20.7 Å². The van der Waals surface area contributed by atoms with Gasteiger partial charge in [0.05, 0.1) is 5.92 Å². The minimum absolute atomic E-state index is 0.122. The number of hydrogen-bond donors (Lipinski definition) is 2. The van der Waals surface area contributed by atoms with Crippen molar-refractivity contribution < 1.29 is 19.1 Å². The van der Waals surface area contributed by atoms with Crippen molar-refractivity contribution in [1.29, 1.82) is 0 Å². The minimum Gasteiger partial charge on any atom is -0.484 e. The smallest absolute Gasteiger partial charge is 0.262 e. The van der Waals surface area contributed by atoms with Gasteiger partial charge in [-0.2, -0.15) is 0 Å². The van der Waals surface area contributed by atoms with Gasteiger partial charge in [0, 0.05) is 29.4 Å². The molecule has 1 aliphatic rings. The number of primary amides is 1. The van der Waals surface area contributed by atoms with Gasteiger partial charge in [-0.25, -0.2) is 0 Å². The Balaban J connectivity index is 1.54. The van der Waals surface area contributed by atoms with E-state index in [2.05, 4.69) is 5.32 Å². The molecule has 1 heterocycles. The Labute approximate surface area is 161 Å². The topological polar surface area (TPSA) is 102 Å². The lowest BCUT2D eigenvalue weighted by molar-refractivity contribution is -0.123. The molecule has 3 rings (SSSR count). The monoisotopic (exact) mass is 387 g/mol. The second-order valence-corrected chi connectivity index (χ2v) is 6.59. The molecule has 2 aromatic carbocycles. The quantitative estimate of drug-likeness (QED) is 0.793. The number of nitrogens with one attached hydrogen (secondary N) is 1. The fourth-order valence-corrected chi connectivity index (χ4v) is 2.97. The summed E-state index contributed by atoms with van der Waals surface area (Å²) in [6.07, 6.45) is 0.122. The number of halogens is 1. The van der Waals surface area contributed by atoms with Crippen molar-refractivity contribution in [2.45, 2.75) is 6.42 Å². The number of ether oxygens (including phenoxy) is 1. The largest absolute Gasteiger partial charge is 0.484 e. The summed E-state index contributed by atoms with van der Waals surface area (Å²) in [5.74, 6) is -0.924. The van der Waals surface area contributed by atoms with Crippen LogP contribution in [0.25, 0.3) is 0 Å². The van der Waals surface area contributed by atoms with Gasteiger partial charge in [0.1, 0.15) is 5.75 Å². The summed E-state index contributed by atoms with van der Waals surface area (Å²) in [4.78, 5) is 36.7. The Morgan fingerprint density at radius 3 is 2.59 bits per heavy atom. The van der Waals surface area contributed by atoms with Crippen molar-refractivity contribution in [3.63, 3.8) is 0 Å². The van der Waals surface area contributed by atoms with Crippen LogP contribution >= 0.6 is 11.6 Å². The molecule has 0 saturated carbocycles. The predicted molar refractivity (Wildman–Crippen MR) is 102 cm³/mol. The van der Waals surface area contributed by atoms with Crippen molar-refractivity contribution in [1.82, 2.24) is 0 Å². The van der Waals surface area contributed by atoms with Gasteiger partial charge in [-0.15, -0.1) is 0 Å². The maximum Gasteiger partial charge on any atom is 0.262 e. The number of amides is 3. The molecule has 2 aromatic rings. The van der Waals surface area contributed by atoms with Gasteiger partial charge in [-0.05, 0) is 42.5 Å². The zero-order valence-corrected chi connectivity index (χ0v) is 15.1. The highest BCUT2D eigenvalue weighted by molar-refractivity contribution is 6.30. The molecule has 140 valence electrons. The third-order valence-electron chi connectivity index (χ3n) is 4.15. The Morgan fingerprint density at radius 1 is 1.22 bits per heavy atom. The standard InChI is InChI=1S/C19H18ClN3O4/c20-13-2-1-3-14(9-13)22-17(24)11-27-16-6-4-15(5-7-16)23-10-12(19(21)26)8-18(23)25/h1-7,9,12H,8,10-11H2,(H2,21,26)(H,22,24)/t12-/m0/s1. The SMILES string of the molecule is NC(=O)[C@H]1CC(=O)N(c2ccc(OCC(=O)Nc3cccc(Cl)c3)cc2)C1. The normalized spacial score (nSPS) is 16.3. The average molecular weight is 388 g/mol. The van der Waals surface area contributed by atoms with Crippen LogP contribution in [0.15, 0.2) is 48.5 Å². The van der Waals surface area contributed by atoms with Crippen LogP contribution in [-0.2, 0) is 14.4 Å². The molecule has 1 atom stereocenters. The second kappa shape index (κ2) is 8.09. The summed E-state index contributed by atoms with van der Waals surface area (Å²) in [6.45, 7) is 0.106. The van der Waals surface area contributed by atoms with Crippen LogP contribution in [0, 0.1) is 5.92 Å². The number of benzene rings is 2. The Kier molecular flexibility index (Phi) is 5.61. The molecule has 1 aliphatic heterocycles. The van der Waals surface area contributed by atoms with Crippen LogP contribution in [0.5, 0.6) is 5.75 Å². The summed E-state index contributed by atoms with van der Waals surface area (Å²) in [5.41, 5.74) is 6.51. The first-order valence-electron chi connectivity index (χ1n) is 8.30. The number of carbonyl (C=O) groups is 3. The molecule has 7 nitrogen and oxygen atoms in total. The molecule has 0 spiro atoms. The number of rotatable bonds is 6. The molecule has 0 aliphatic carbocycles. The number of carbonyl (C=O) groups excluding carboxylic acids is 3. The van der Waals surface area contributed by atoms with Crippen LogP contribution in [-0.4, -0.2) is 30.9 Å². The van der Waals surface area contributed by atoms with E-state index in [0.29, 0.717) is 22.1 Å². The number of nitrogens with zero attached hydrogens (tertiary/aromatic N) is 1. The molecule has 8 heteroatoms. The summed E-state index contributed by atoms with van der Waals surface area (Å²) >= 11 is 5.87. The van der Waals surface area contributed by atoms with E-state index in [1.807, 2.05) is 0 Å². The van der Waals surface area contributed by atoms with Crippen molar-refractivity contribution in [3.8, 4) is 5.75 Å². The van der Waals surface area contributed by atoms with Crippen molar-refractivity contribution in [2.24, 2.45) is 11.7 Å². The highest BCUT2D eigenvalue weighted by Crippen LogP contribution is 2.26. The van der Waals surface area contributed by atoms with E-state index < -0.39 is 11.8 Å². The average Bonchev–Trinajstić information content (AvgIpc) is 3.02. The lowest BCUT2D eigenvalue weighted by Crippen LogP contribution is -2.28. The zero-order chi connectivity index (χ0) is 19.4. The van der Waals surface area contributed by atoms with Crippen molar-refractivity contribution >= 4 is 40.7 Å². The second-order valence-electron chi connectivity index (χ2n) is 6.15. The molecule has 0 bridgehead atoms. The van der Waals surface area contributed by atoms with E-state index in [-0.39, 0.29) is 31.4 Å². The zero-order valence-electron chi connectivity index (χ0n) is 14.4. The Morgan fingerprint density at radius 2 is 1.96 bits per heavy atom. The summed E-state index contributed by atoms with van der Waals surface area (Å²) < 4.78 is 5.45. The van der Waals surface area contributed by atoms with E-state index in [9.17, 15) is 14.4 Å². The van der Waals surface area contributed by atoms with Crippen LogP contribution < -0.4 is 20.7 Å². The van der Waals surface area contributed by atoms with E-state index in [4.69, 9.17) is 22.1 Å². The molecule has 3 N–H and O–H groups in total. The van der Waals surface area contributed by atoms with Gasteiger partial charge in [0.25, 0.3) is 5.91 Å². The fraction of sp³-hybridized carbons (Fsp3) is 0.211. The van der Waals surface area contributed by atoms with Gasteiger partial charge in [-0.1, -0.05) is 17.7 Å². The van der Waals surface area contributed by atoms with Gasteiger partial charge in [0.15, 0.2) is 6.61 Å². The number of hydrogen-bond acceptors (Lipinski definition) is 4. The van der Waals surface area contributed by atoms with Gasteiger partial charge >= 0.3 is 0 Å². The number of nitrogens with two attached hydrogens (primary N) is 1. The van der Waals surface area contributed by atoms with Crippen LogP contribution in [0.1, 0.15) is 6.42 Å². The third-order valence-corrected chi connectivity index (χ3v) is 4.39. The maximum atomic E-state index is 12.0. The van der Waals surface area contributed by atoms with E-state index in [0.717, 1.165) is 0 Å². The fourth-order valence-electron chi connectivity index (χ4n) is 2.78. The first-order chi connectivity index (χ1) is 12.9. The molecular weight excluding hydrogens is 370 g/mol. The molecule has 27 heavy (non-hydrogen) atoms. The molecule has 0 unspecified atom stereocenters. The van der Waals surface area contributed by atoms with Crippen LogP contribution in [0.3, 0.4) is 0 Å². The van der Waals surface area contributed by atoms with E-state index in [1.165, 1.54) is 4.90 Å². The molecule has 0 radical (unpaired) electrons. The molecular formula is C19H18ClN3O4. The summed E-state index contributed by atoms with van der Waals surface area (Å²) in [5, 5.41) is 3.21. The molecule has 1 fully saturated rings. The lowest BCUT2D eigenvalue weighted by Gasteiger charge is -2.16. The predicted octanol–water partition coefficient (Wildman–Crippen LogP) is 2.20. The highest BCUT2D eigenvalue weighted by Gasteiger charge is 2.33. The first-order valence-corrected chi connectivity index (χ1v) is 8.68.